The molecule has 0 amide bonds. The SMILES string of the molecule is C=CC[C@H](N)c1ccc(OC(F)(F)C(F)F)cc1. The van der Waals surface area contributed by atoms with Gasteiger partial charge in [-0.15, -0.1) is 6.58 Å². The summed E-state index contributed by atoms with van der Waals surface area (Å²) in [7, 11) is 0. The zero-order chi connectivity index (χ0) is 13.8. The smallest absolute Gasteiger partial charge is 0.428 e. The average Bonchev–Trinajstić information content (AvgIpc) is 2.29. The minimum atomic E-state index is -4.50. The van der Waals surface area contributed by atoms with Crippen molar-refractivity contribution in [3.05, 3.63) is 42.5 Å². The van der Waals surface area contributed by atoms with Crippen LogP contribution in [0.3, 0.4) is 0 Å². The normalized spacial score (nSPS) is 13.4. The standard InChI is InChI=1S/C12H13F4NO/c1-2-3-10(17)8-4-6-9(7-5-8)18-12(15,16)11(13)14/h2,4-7,10-11H,1,3,17H2/t10-/m0/s1. The van der Waals surface area contributed by atoms with E-state index in [0.29, 0.717) is 12.0 Å². The van der Waals surface area contributed by atoms with Crippen LogP contribution in [0.1, 0.15) is 18.0 Å². The third-order valence-electron chi connectivity index (χ3n) is 2.24. The van der Waals surface area contributed by atoms with Gasteiger partial charge in [0.05, 0.1) is 0 Å². The highest BCUT2D eigenvalue weighted by molar-refractivity contribution is 5.29. The zero-order valence-electron chi connectivity index (χ0n) is 9.45. The Kier molecular flexibility index (Phi) is 4.72. The van der Waals surface area contributed by atoms with E-state index in [1.807, 2.05) is 0 Å². The van der Waals surface area contributed by atoms with Gasteiger partial charge >= 0.3 is 12.5 Å². The fraction of sp³-hybridized carbons (Fsp3) is 0.333. The molecule has 0 heterocycles. The van der Waals surface area contributed by atoms with Crippen LogP contribution in [0.15, 0.2) is 36.9 Å². The Hall–Kier alpha value is -1.56. The molecule has 0 saturated heterocycles. The molecule has 1 atom stereocenters. The van der Waals surface area contributed by atoms with Gasteiger partial charge in [-0.25, -0.2) is 0 Å². The number of hydrogen-bond acceptors (Lipinski definition) is 2. The molecule has 1 rings (SSSR count). The van der Waals surface area contributed by atoms with E-state index in [-0.39, 0.29) is 11.8 Å². The second-order valence-corrected chi connectivity index (χ2v) is 3.66. The van der Waals surface area contributed by atoms with E-state index >= 15 is 0 Å². The summed E-state index contributed by atoms with van der Waals surface area (Å²) < 4.78 is 52.9. The van der Waals surface area contributed by atoms with E-state index in [0.717, 1.165) is 0 Å². The minimum absolute atomic E-state index is 0.313. The molecule has 0 unspecified atom stereocenters. The zero-order valence-corrected chi connectivity index (χ0v) is 9.45. The summed E-state index contributed by atoms with van der Waals surface area (Å²) in [4.78, 5) is 0. The molecule has 2 N–H and O–H groups in total. The van der Waals surface area contributed by atoms with Crippen molar-refractivity contribution in [3.63, 3.8) is 0 Å². The quantitative estimate of drug-likeness (QED) is 0.629. The Balaban J connectivity index is 2.74. The number of hydrogen-bond donors (Lipinski definition) is 1. The summed E-state index contributed by atoms with van der Waals surface area (Å²) in [5.74, 6) is -0.338. The van der Waals surface area contributed by atoms with Gasteiger partial charge in [0.25, 0.3) is 0 Å². The van der Waals surface area contributed by atoms with Crippen LogP contribution in [0.4, 0.5) is 17.6 Å². The van der Waals surface area contributed by atoms with Gasteiger partial charge in [0, 0.05) is 6.04 Å². The van der Waals surface area contributed by atoms with Crippen molar-refractivity contribution in [2.45, 2.75) is 25.0 Å². The first kappa shape index (κ1) is 14.5. The maximum Gasteiger partial charge on any atom is 0.461 e. The Morgan fingerprint density at radius 1 is 1.28 bits per heavy atom. The Labute approximate surface area is 102 Å². The molecule has 18 heavy (non-hydrogen) atoms. The first-order chi connectivity index (χ1) is 8.36. The number of rotatable bonds is 6. The highest BCUT2D eigenvalue weighted by Gasteiger charge is 2.43. The largest absolute Gasteiger partial charge is 0.461 e. The van der Waals surface area contributed by atoms with Gasteiger partial charge in [-0.1, -0.05) is 18.2 Å². The summed E-state index contributed by atoms with van der Waals surface area (Å²) in [6.07, 6.45) is -6.22. The van der Waals surface area contributed by atoms with E-state index in [2.05, 4.69) is 11.3 Å². The predicted octanol–water partition coefficient (Wildman–Crippen LogP) is 3.50. The van der Waals surface area contributed by atoms with Crippen LogP contribution in [0.5, 0.6) is 5.75 Å². The molecule has 0 fully saturated rings. The first-order valence-corrected chi connectivity index (χ1v) is 5.18. The van der Waals surface area contributed by atoms with Crippen molar-refractivity contribution < 1.29 is 22.3 Å². The van der Waals surface area contributed by atoms with Crippen LogP contribution < -0.4 is 10.5 Å². The summed E-state index contributed by atoms with van der Waals surface area (Å²) in [6.45, 7) is 3.52. The molecule has 0 aromatic heterocycles. The molecule has 0 aliphatic heterocycles. The van der Waals surface area contributed by atoms with Gasteiger partial charge in [-0.05, 0) is 24.1 Å². The minimum Gasteiger partial charge on any atom is -0.428 e. The monoisotopic (exact) mass is 263 g/mol. The summed E-state index contributed by atoms with van der Waals surface area (Å²) >= 11 is 0. The predicted molar refractivity (Wildman–Crippen MR) is 59.8 cm³/mol. The molecule has 0 saturated carbocycles. The van der Waals surface area contributed by atoms with Gasteiger partial charge in [-0.2, -0.15) is 17.6 Å². The maximum atomic E-state index is 12.6. The van der Waals surface area contributed by atoms with Gasteiger partial charge in [0.15, 0.2) is 0 Å². The molecule has 0 aliphatic carbocycles. The third kappa shape index (κ3) is 3.73. The van der Waals surface area contributed by atoms with Crippen molar-refractivity contribution >= 4 is 0 Å². The lowest BCUT2D eigenvalue weighted by Crippen LogP contribution is -2.33. The Bertz CT molecular complexity index is 392. The number of nitrogens with two attached hydrogens (primary N) is 1. The molecule has 6 heteroatoms. The second-order valence-electron chi connectivity index (χ2n) is 3.66. The molecule has 0 spiro atoms. The molecule has 2 nitrogen and oxygen atoms in total. The van der Waals surface area contributed by atoms with Crippen LogP contribution in [0, 0.1) is 0 Å². The van der Waals surface area contributed by atoms with Crippen LogP contribution in [-0.4, -0.2) is 12.5 Å². The van der Waals surface area contributed by atoms with Gasteiger partial charge in [-0.3, -0.25) is 0 Å². The Morgan fingerprint density at radius 3 is 2.28 bits per heavy atom. The average molecular weight is 263 g/mol. The highest BCUT2D eigenvalue weighted by atomic mass is 19.3. The van der Waals surface area contributed by atoms with Gasteiger partial charge in [0.1, 0.15) is 5.75 Å². The van der Waals surface area contributed by atoms with Crippen molar-refractivity contribution in [2.75, 3.05) is 0 Å². The van der Waals surface area contributed by atoms with Crippen molar-refractivity contribution in [1.29, 1.82) is 0 Å². The van der Waals surface area contributed by atoms with E-state index in [4.69, 9.17) is 5.73 Å². The van der Waals surface area contributed by atoms with E-state index < -0.39 is 12.5 Å². The van der Waals surface area contributed by atoms with Gasteiger partial charge in [0.2, 0.25) is 0 Å². The molecular weight excluding hydrogens is 250 g/mol. The van der Waals surface area contributed by atoms with Crippen LogP contribution in [0.2, 0.25) is 0 Å². The lowest BCUT2D eigenvalue weighted by Gasteiger charge is -2.17. The van der Waals surface area contributed by atoms with Crippen molar-refractivity contribution in [3.8, 4) is 5.75 Å². The first-order valence-electron chi connectivity index (χ1n) is 5.18. The molecular formula is C12H13F4NO. The van der Waals surface area contributed by atoms with E-state index in [9.17, 15) is 17.6 Å². The summed E-state index contributed by atoms with van der Waals surface area (Å²) in [5.41, 5.74) is 6.43. The van der Waals surface area contributed by atoms with Crippen LogP contribution in [-0.2, 0) is 0 Å². The number of halogens is 4. The molecule has 100 valence electrons. The Morgan fingerprint density at radius 2 is 1.83 bits per heavy atom. The lowest BCUT2D eigenvalue weighted by atomic mass is 10.0. The molecule has 0 radical (unpaired) electrons. The van der Waals surface area contributed by atoms with Crippen LogP contribution in [0.25, 0.3) is 0 Å². The third-order valence-corrected chi connectivity index (χ3v) is 2.24. The van der Waals surface area contributed by atoms with Crippen molar-refractivity contribution in [1.82, 2.24) is 0 Å². The van der Waals surface area contributed by atoms with E-state index in [1.165, 1.54) is 24.3 Å². The summed E-state index contributed by atoms with van der Waals surface area (Å²) in [5, 5.41) is 0. The fourth-order valence-electron chi connectivity index (χ4n) is 1.30. The maximum absolute atomic E-state index is 12.6. The number of ether oxygens (including phenoxy) is 1. The summed E-state index contributed by atoms with van der Waals surface area (Å²) in [6, 6.07) is 4.94. The topological polar surface area (TPSA) is 35.2 Å². The van der Waals surface area contributed by atoms with Crippen LogP contribution >= 0.6 is 0 Å². The number of alkyl halides is 4. The second kappa shape index (κ2) is 5.86. The lowest BCUT2D eigenvalue weighted by molar-refractivity contribution is -0.253. The fourth-order valence-corrected chi connectivity index (χ4v) is 1.30. The molecule has 0 bridgehead atoms. The number of benzene rings is 1. The molecule has 0 aliphatic rings. The van der Waals surface area contributed by atoms with Crippen molar-refractivity contribution in [2.24, 2.45) is 5.73 Å². The van der Waals surface area contributed by atoms with E-state index in [1.54, 1.807) is 6.08 Å². The molecule has 1 aromatic carbocycles. The van der Waals surface area contributed by atoms with Gasteiger partial charge < -0.3 is 10.5 Å². The molecule has 1 aromatic rings. The highest BCUT2D eigenvalue weighted by Crippen LogP contribution is 2.28.